The molecule has 1 aliphatic heterocycles. The molecule has 69 heavy (non-hydrogen) atoms. The molecule has 1 aliphatic rings. The SMILES string of the molecule is CC1(C)CNC(=O)C[C@H](C(=O)N[C@@H](CCCNC(N)N)C(=O)N[C@@H](CCCN=C(N)N)C(N)=O)NC(=O)[C@H](Cc2ccccc2)NC(=O)CNC(=O)[C@@H](NC(=O)[C@@H](N)Cc2ccc(O)cc2)CSS1. The number of phenols is 1. The molecular weight excluding hydrogens is 935 g/mol. The van der Waals surface area contributed by atoms with Crippen molar-refractivity contribution < 1.29 is 43.5 Å². The monoisotopic (exact) mass is 1000 g/mol. The number of amides is 8. The molecule has 24 nitrogen and oxygen atoms in total. The van der Waals surface area contributed by atoms with Gasteiger partial charge in [0.05, 0.1) is 19.0 Å². The lowest BCUT2D eigenvalue weighted by atomic mass is 10.0. The van der Waals surface area contributed by atoms with Gasteiger partial charge in [-0.3, -0.25) is 48.7 Å². The number of rotatable bonds is 20. The lowest BCUT2D eigenvalue weighted by Crippen LogP contribution is -2.59. The van der Waals surface area contributed by atoms with E-state index >= 15 is 0 Å². The Balaban J connectivity index is 1.91. The van der Waals surface area contributed by atoms with E-state index in [-0.39, 0.29) is 75.6 Å². The van der Waals surface area contributed by atoms with E-state index < -0.39 is 108 Å². The number of carbonyl (C=O) groups is 8. The number of nitrogens with zero attached hydrogens (tertiary/aromatic N) is 1. The summed E-state index contributed by atoms with van der Waals surface area (Å²) in [6.45, 7) is 3.40. The van der Waals surface area contributed by atoms with Gasteiger partial charge in [-0.15, -0.1) is 0 Å². The molecule has 2 aromatic carbocycles. The van der Waals surface area contributed by atoms with E-state index in [1.54, 1.807) is 42.5 Å². The molecule has 0 radical (unpaired) electrons. The predicted octanol–water partition coefficient (Wildman–Crippen LogP) is -4.17. The third-order valence-corrected chi connectivity index (χ3v) is 13.6. The average Bonchev–Trinajstić information content (AvgIpc) is 3.29. The Morgan fingerprint density at radius 1 is 0.826 bits per heavy atom. The first-order valence-corrected chi connectivity index (χ1v) is 24.5. The second-order valence-electron chi connectivity index (χ2n) is 16.8. The van der Waals surface area contributed by atoms with E-state index in [1.165, 1.54) is 33.7 Å². The van der Waals surface area contributed by atoms with Gasteiger partial charge in [-0.2, -0.15) is 0 Å². The molecule has 6 atom stereocenters. The Morgan fingerprint density at radius 3 is 2.16 bits per heavy atom. The number of primary amides is 1. The highest BCUT2D eigenvalue weighted by atomic mass is 33.1. The van der Waals surface area contributed by atoms with E-state index in [9.17, 15) is 43.5 Å². The first-order valence-electron chi connectivity index (χ1n) is 22.1. The summed E-state index contributed by atoms with van der Waals surface area (Å²) in [5.41, 5.74) is 35.1. The average molecular weight is 1000 g/mol. The number of aromatic hydroxyl groups is 1. The second-order valence-corrected chi connectivity index (χ2v) is 19.9. The van der Waals surface area contributed by atoms with Crippen molar-refractivity contribution in [1.82, 2.24) is 42.5 Å². The molecule has 380 valence electrons. The summed E-state index contributed by atoms with van der Waals surface area (Å²) in [4.78, 5) is 113. The largest absolute Gasteiger partial charge is 0.508 e. The summed E-state index contributed by atoms with van der Waals surface area (Å²) in [7, 11) is 2.50. The third kappa shape index (κ3) is 22.2. The number of guanidine groups is 1. The number of nitrogens with two attached hydrogens (primary N) is 6. The smallest absolute Gasteiger partial charge is 0.243 e. The zero-order valence-corrected chi connectivity index (χ0v) is 40.3. The van der Waals surface area contributed by atoms with Crippen molar-refractivity contribution in [3.05, 3.63) is 65.7 Å². The van der Waals surface area contributed by atoms with Crippen molar-refractivity contribution >= 4 is 74.8 Å². The van der Waals surface area contributed by atoms with Gasteiger partial charge in [-0.05, 0) is 75.8 Å². The third-order valence-electron chi connectivity index (χ3n) is 10.3. The van der Waals surface area contributed by atoms with Gasteiger partial charge in [0.25, 0.3) is 0 Å². The van der Waals surface area contributed by atoms with Crippen LogP contribution < -0.4 is 76.9 Å². The highest BCUT2D eigenvalue weighted by molar-refractivity contribution is 8.77. The first-order chi connectivity index (χ1) is 32.6. The van der Waals surface area contributed by atoms with Crippen molar-refractivity contribution in [3.63, 3.8) is 0 Å². The van der Waals surface area contributed by atoms with Gasteiger partial charge in [0.1, 0.15) is 42.2 Å². The van der Waals surface area contributed by atoms with E-state index in [0.717, 1.165) is 0 Å². The van der Waals surface area contributed by atoms with Crippen molar-refractivity contribution in [1.29, 1.82) is 0 Å². The molecule has 1 fully saturated rings. The van der Waals surface area contributed by atoms with Crippen LogP contribution in [0, 0.1) is 0 Å². The van der Waals surface area contributed by atoms with E-state index in [1.807, 2.05) is 13.8 Å². The van der Waals surface area contributed by atoms with Crippen LogP contribution in [0.15, 0.2) is 59.6 Å². The Labute approximate surface area is 408 Å². The molecule has 0 spiro atoms. The number of nitrogens with one attached hydrogen (secondary N) is 8. The molecule has 1 heterocycles. The standard InChI is InChI=1S/C43H67N15O9S2/c1-43(2)23-53-33(60)20-31(40(67)56-29(11-7-17-51-42(48)49)38(65)55-28(35(45)62)10-6-16-50-41(46)47)57-39(66)30(19-24-8-4-3-5-9-24)54-34(61)21-52-37(64)32(22-68-69-43)58-36(63)27(44)18-25-12-14-26(59)15-13-25/h3-5,8-9,12-15,27-32,42,51,59H,6-7,10-11,16-23,44,48-49H2,1-2H3,(H2,45,62)(H,52,64)(H,53,60)(H,54,61)(H,55,65)(H,56,67)(H,57,66)(H,58,63)(H4,46,47,50)/t27-,28-,29-,30-,31+,32-/m0/s1. The van der Waals surface area contributed by atoms with E-state index in [4.69, 9.17) is 34.4 Å². The van der Waals surface area contributed by atoms with Gasteiger partial charge in [0, 0.05) is 30.0 Å². The van der Waals surface area contributed by atoms with E-state index in [2.05, 4.69) is 47.5 Å². The molecule has 0 unspecified atom stereocenters. The predicted molar refractivity (Wildman–Crippen MR) is 263 cm³/mol. The molecule has 21 N–H and O–H groups in total. The second kappa shape index (κ2) is 29.0. The van der Waals surface area contributed by atoms with Crippen LogP contribution in [0.2, 0.25) is 0 Å². The Morgan fingerprint density at radius 2 is 1.51 bits per heavy atom. The fraction of sp³-hybridized carbons (Fsp3) is 0.512. The van der Waals surface area contributed by atoms with Crippen LogP contribution in [0.1, 0.15) is 57.1 Å². The summed E-state index contributed by atoms with van der Waals surface area (Å²) in [6.07, 6.45) is -0.945. The number of hydrogen-bond donors (Lipinski definition) is 15. The van der Waals surface area contributed by atoms with Crippen molar-refractivity contribution in [3.8, 4) is 5.75 Å². The van der Waals surface area contributed by atoms with Crippen LogP contribution in [-0.4, -0.2) is 138 Å². The highest BCUT2D eigenvalue weighted by Gasteiger charge is 2.34. The number of benzene rings is 2. The van der Waals surface area contributed by atoms with Crippen LogP contribution in [0.25, 0.3) is 0 Å². The molecule has 3 rings (SSSR count). The molecule has 1 saturated heterocycles. The van der Waals surface area contributed by atoms with Crippen molar-refractivity contribution in [2.24, 2.45) is 39.4 Å². The zero-order chi connectivity index (χ0) is 51.1. The molecule has 2 aromatic rings. The van der Waals surface area contributed by atoms with E-state index in [0.29, 0.717) is 11.1 Å². The topological polar surface area (TPSA) is 422 Å². The summed E-state index contributed by atoms with van der Waals surface area (Å²) in [5.74, 6) is -6.43. The number of hydrogen-bond acceptors (Lipinski definition) is 16. The number of carbonyl (C=O) groups excluding carboxylic acids is 8. The Bertz CT molecular complexity index is 2080. The summed E-state index contributed by atoms with van der Waals surface area (Å²) < 4.78 is -0.711. The molecule has 8 amide bonds. The Kier molecular flexibility index (Phi) is 24.0. The van der Waals surface area contributed by atoms with Crippen LogP contribution >= 0.6 is 21.6 Å². The van der Waals surface area contributed by atoms with Crippen LogP contribution in [0.5, 0.6) is 5.75 Å². The lowest BCUT2D eigenvalue weighted by molar-refractivity contribution is -0.136. The van der Waals surface area contributed by atoms with Crippen molar-refractivity contribution in [2.75, 3.05) is 31.9 Å². The minimum atomic E-state index is -1.61. The molecule has 0 aromatic heterocycles. The maximum absolute atomic E-state index is 14.2. The van der Waals surface area contributed by atoms with Crippen LogP contribution in [-0.2, 0) is 51.2 Å². The van der Waals surface area contributed by atoms with Gasteiger partial charge in [0.2, 0.25) is 47.3 Å². The molecule has 0 bridgehead atoms. The maximum Gasteiger partial charge on any atom is 0.243 e. The first kappa shape index (κ1) is 57.1. The number of phenolic OH excluding ortho intramolecular Hbond substituents is 1. The van der Waals surface area contributed by atoms with Crippen LogP contribution in [0.4, 0.5) is 0 Å². The zero-order valence-electron chi connectivity index (χ0n) is 38.7. The lowest BCUT2D eigenvalue weighted by Gasteiger charge is -2.28. The van der Waals surface area contributed by atoms with Crippen molar-refractivity contribution in [2.45, 2.75) is 106 Å². The summed E-state index contributed by atoms with van der Waals surface area (Å²) >= 11 is 0. The quantitative estimate of drug-likeness (QED) is 0.0197. The summed E-state index contributed by atoms with van der Waals surface area (Å²) in [6, 6.07) is 7.01. The molecule has 0 aliphatic carbocycles. The van der Waals surface area contributed by atoms with Gasteiger partial charge in [-0.1, -0.05) is 64.1 Å². The van der Waals surface area contributed by atoms with Crippen LogP contribution in [0.3, 0.4) is 0 Å². The minimum absolute atomic E-state index is 0.0103. The fourth-order valence-electron chi connectivity index (χ4n) is 6.55. The molecular formula is C43H67N15O9S2. The summed E-state index contributed by atoms with van der Waals surface area (Å²) in [5, 5.41) is 30.8. The maximum atomic E-state index is 14.2. The Hall–Kier alpha value is -6.19. The number of aliphatic imine (C=N–C) groups is 1. The van der Waals surface area contributed by atoms with Gasteiger partial charge < -0.3 is 76.7 Å². The molecule has 0 saturated carbocycles. The normalized spacial score (nSPS) is 19.7. The van der Waals surface area contributed by atoms with Gasteiger partial charge in [0.15, 0.2) is 5.96 Å². The molecule has 26 heteroatoms. The minimum Gasteiger partial charge on any atom is -0.508 e. The fourth-order valence-corrected chi connectivity index (χ4v) is 9.19. The van der Waals surface area contributed by atoms with Gasteiger partial charge in [-0.25, -0.2) is 0 Å². The highest BCUT2D eigenvalue weighted by Crippen LogP contribution is 2.35. The van der Waals surface area contributed by atoms with Gasteiger partial charge >= 0.3 is 0 Å².